The fourth-order valence-corrected chi connectivity index (χ4v) is 3.06. The lowest BCUT2D eigenvalue weighted by Crippen LogP contribution is -2.13. The predicted molar refractivity (Wildman–Crippen MR) is 80.8 cm³/mol. The number of halogens is 3. The van der Waals surface area contributed by atoms with Crippen LogP contribution in [0.3, 0.4) is 0 Å². The smallest absolute Gasteiger partial charge is 0.137 e. The van der Waals surface area contributed by atoms with Gasteiger partial charge < -0.3 is 10.5 Å². The molecule has 0 saturated carbocycles. The van der Waals surface area contributed by atoms with Gasteiger partial charge in [-0.25, -0.2) is 4.39 Å². The summed E-state index contributed by atoms with van der Waals surface area (Å²) in [4.78, 5) is 0. The summed E-state index contributed by atoms with van der Waals surface area (Å²) in [5.41, 5.74) is 9.01. The average Bonchev–Trinajstić information content (AvgIpc) is 2.88. The van der Waals surface area contributed by atoms with E-state index in [0.717, 1.165) is 28.9 Å². The van der Waals surface area contributed by atoms with Crippen LogP contribution in [0.2, 0.25) is 5.02 Å². The zero-order valence-corrected chi connectivity index (χ0v) is 12.8. The fraction of sp³-hybridized carbons (Fsp3) is 0.200. The van der Waals surface area contributed by atoms with Crippen LogP contribution in [-0.2, 0) is 6.42 Å². The van der Waals surface area contributed by atoms with Crippen molar-refractivity contribution in [1.82, 2.24) is 0 Å². The van der Waals surface area contributed by atoms with Crippen molar-refractivity contribution >= 4 is 27.5 Å². The van der Waals surface area contributed by atoms with Gasteiger partial charge in [-0.1, -0.05) is 17.7 Å². The summed E-state index contributed by atoms with van der Waals surface area (Å²) in [5.74, 6) is 0.496. The van der Waals surface area contributed by atoms with Crippen molar-refractivity contribution in [3.05, 3.63) is 62.3 Å². The molecule has 0 fully saturated rings. The molecule has 1 unspecified atom stereocenters. The van der Waals surface area contributed by atoms with Crippen LogP contribution < -0.4 is 10.5 Å². The quantitative estimate of drug-likeness (QED) is 0.874. The fourth-order valence-electron chi connectivity index (χ4n) is 2.41. The van der Waals surface area contributed by atoms with Gasteiger partial charge in [-0.15, -0.1) is 0 Å². The molecule has 0 saturated heterocycles. The topological polar surface area (TPSA) is 35.2 Å². The molecule has 2 aromatic rings. The Morgan fingerprint density at radius 2 is 2.10 bits per heavy atom. The van der Waals surface area contributed by atoms with Crippen molar-refractivity contribution in [1.29, 1.82) is 0 Å². The molecule has 2 aromatic carbocycles. The molecule has 2 nitrogen and oxygen atoms in total. The highest BCUT2D eigenvalue weighted by Crippen LogP contribution is 2.38. The van der Waals surface area contributed by atoms with Crippen LogP contribution in [0.5, 0.6) is 5.75 Å². The monoisotopic (exact) mass is 355 g/mol. The molecule has 1 aliphatic rings. The van der Waals surface area contributed by atoms with Crippen molar-refractivity contribution in [3.63, 3.8) is 0 Å². The van der Waals surface area contributed by atoms with Gasteiger partial charge in [-0.3, -0.25) is 0 Å². The summed E-state index contributed by atoms with van der Waals surface area (Å²) >= 11 is 9.31. The van der Waals surface area contributed by atoms with Gasteiger partial charge >= 0.3 is 0 Å². The van der Waals surface area contributed by atoms with Crippen LogP contribution in [-0.4, -0.2) is 6.61 Å². The molecule has 0 bridgehead atoms. The Labute approximate surface area is 129 Å². The number of ether oxygens (including phenoxy) is 1. The lowest BCUT2D eigenvalue weighted by molar-refractivity contribution is 0.352. The van der Waals surface area contributed by atoms with Gasteiger partial charge in [0.1, 0.15) is 11.6 Å². The molecule has 0 radical (unpaired) electrons. The summed E-state index contributed by atoms with van der Waals surface area (Å²) in [5, 5.41) is 0.640. The Morgan fingerprint density at radius 3 is 2.85 bits per heavy atom. The van der Waals surface area contributed by atoms with Crippen molar-refractivity contribution < 1.29 is 9.13 Å². The molecule has 0 spiro atoms. The van der Waals surface area contributed by atoms with Crippen LogP contribution >= 0.6 is 27.5 Å². The highest BCUT2D eigenvalue weighted by atomic mass is 79.9. The molecular weight excluding hydrogens is 345 g/mol. The molecule has 1 heterocycles. The molecule has 104 valence electrons. The minimum absolute atomic E-state index is 0.312. The summed E-state index contributed by atoms with van der Waals surface area (Å²) < 4.78 is 19.4. The van der Waals surface area contributed by atoms with Crippen molar-refractivity contribution in [2.45, 2.75) is 12.5 Å². The number of fused-ring (bicyclic) bond motifs is 1. The predicted octanol–water partition coefficient (Wildman–Crippen LogP) is 4.22. The van der Waals surface area contributed by atoms with Crippen LogP contribution in [0, 0.1) is 5.82 Å². The third kappa shape index (κ3) is 2.43. The maximum absolute atomic E-state index is 13.3. The van der Waals surface area contributed by atoms with Gasteiger partial charge in [-0.05, 0) is 51.3 Å². The first-order valence-electron chi connectivity index (χ1n) is 6.22. The number of rotatable bonds is 2. The lowest BCUT2D eigenvalue weighted by atomic mass is 9.96. The van der Waals surface area contributed by atoms with Gasteiger partial charge in [0.15, 0.2) is 0 Å². The first-order chi connectivity index (χ1) is 9.56. The highest BCUT2D eigenvalue weighted by Gasteiger charge is 2.22. The van der Waals surface area contributed by atoms with E-state index in [9.17, 15) is 4.39 Å². The van der Waals surface area contributed by atoms with E-state index in [0.29, 0.717) is 16.1 Å². The molecule has 1 aliphatic heterocycles. The summed E-state index contributed by atoms with van der Waals surface area (Å²) in [6.07, 6.45) is 0.836. The van der Waals surface area contributed by atoms with E-state index in [1.54, 1.807) is 12.1 Å². The van der Waals surface area contributed by atoms with Crippen molar-refractivity contribution in [2.24, 2.45) is 5.73 Å². The van der Waals surface area contributed by atoms with Gasteiger partial charge in [0.2, 0.25) is 0 Å². The van der Waals surface area contributed by atoms with Gasteiger partial charge in [-0.2, -0.15) is 0 Å². The van der Waals surface area contributed by atoms with Crippen LogP contribution in [0.4, 0.5) is 4.39 Å². The van der Waals surface area contributed by atoms with E-state index in [-0.39, 0.29) is 5.82 Å². The Balaban J connectivity index is 2.06. The first kappa shape index (κ1) is 13.9. The zero-order chi connectivity index (χ0) is 14.3. The summed E-state index contributed by atoms with van der Waals surface area (Å²) in [7, 11) is 0. The first-order valence-corrected chi connectivity index (χ1v) is 7.39. The minimum atomic E-state index is -0.405. The number of nitrogens with two attached hydrogens (primary N) is 1. The molecule has 0 aliphatic carbocycles. The minimum Gasteiger partial charge on any atom is -0.493 e. The lowest BCUT2D eigenvalue weighted by Gasteiger charge is -2.17. The maximum atomic E-state index is 13.3. The number of hydrogen-bond donors (Lipinski definition) is 1. The average molecular weight is 357 g/mol. The second kappa shape index (κ2) is 5.35. The van der Waals surface area contributed by atoms with Crippen LogP contribution in [0.1, 0.15) is 22.7 Å². The molecule has 1 atom stereocenters. The molecular formula is C15H12BrClFNO. The Hall–Kier alpha value is -1.10. The maximum Gasteiger partial charge on any atom is 0.137 e. The Morgan fingerprint density at radius 1 is 1.30 bits per heavy atom. The van der Waals surface area contributed by atoms with Crippen molar-refractivity contribution in [2.75, 3.05) is 6.61 Å². The van der Waals surface area contributed by atoms with Gasteiger partial charge in [0.25, 0.3) is 0 Å². The third-order valence-electron chi connectivity index (χ3n) is 3.41. The zero-order valence-electron chi connectivity index (χ0n) is 10.5. The molecule has 0 aromatic heterocycles. The second-order valence-corrected chi connectivity index (χ2v) is 6.02. The second-order valence-electron chi connectivity index (χ2n) is 4.73. The van der Waals surface area contributed by atoms with E-state index in [4.69, 9.17) is 22.1 Å². The molecule has 0 amide bonds. The van der Waals surface area contributed by atoms with E-state index < -0.39 is 6.04 Å². The van der Waals surface area contributed by atoms with Gasteiger partial charge in [0.05, 0.1) is 17.1 Å². The molecule has 2 N–H and O–H groups in total. The summed E-state index contributed by atoms with van der Waals surface area (Å²) in [6, 6.07) is 8.06. The molecule has 20 heavy (non-hydrogen) atoms. The third-order valence-corrected chi connectivity index (χ3v) is 4.24. The Bertz CT molecular complexity index is 677. The molecule has 5 heteroatoms. The van der Waals surface area contributed by atoms with E-state index in [1.807, 2.05) is 12.1 Å². The normalized spacial score (nSPS) is 14.8. The molecule has 3 rings (SSSR count). The van der Waals surface area contributed by atoms with E-state index in [2.05, 4.69) is 15.9 Å². The number of benzene rings is 2. The van der Waals surface area contributed by atoms with Crippen molar-refractivity contribution in [3.8, 4) is 5.75 Å². The van der Waals surface area contributed by atoms with E-state index >= 15 is 0 Å². The Kier molecular flexibility index (Phi) is 3.71. The number of hydrogen-bond acceptors (Lipinski definition) is 2. The van der Waals surface area contributed by atoms with E-state index in [1.165, 1.54) is 6.07 Å². The van der Waals surface area contributed by atoms with Crippen LogP contribution in [0.15, 0.2) is 34.8 Å². The van der Waals surface area contributed by atoms with Crippen LogP contribution in [0.25, 0.3) is 0 Å². The summed E-state index contributed by atoms with van der Waals surface area (Å²) in [6.45, 7) is 0.641. The largest absolute Gasteiger partial charge is 0.493 e. The SMILES string of the molecule is NC(c1ccc(F)c(Br)c1)c1cc(Cl)cc2c1OCC2. The highest BCUT2D eigenvalue weighted by molar-refractivity contribution is 9.10. The standard InChI is InChI=1S/C15H12BrClFNO/c16-12-6-8(1-2-13(12)18)14(19)11-7-10(17)5-9-3-4-20-15(9)11/h1-2,5-7,14H,3-4,19H2. The van der Waals surface area contributed by atoms with Gasteiger partial charge in [0, 0.05) is 17.0 Å².